The molecule has 0 spiro atoms. The molecule has 1 saturated heterocycles. The van der Waals surface area contributed by atoms with Crippen molar-refractivity contribution in [2.45, 2.75) is 83.4 Å². The minimum Gasteiger partial charge on any atom is -0.456 e. The summed E-state index contributed by atoms with van der Waals surface area (Å²) >= 11 is 0. The molecule has 3 aromatic heterocycles. The number of carbonyl (C=O) groups excluding carboxylic acids is 2. The molecule has 0 saturated carbocycles. The van der Waals surface area contributed by atoms with E-state index in [1.807, 2.05) is 10.7 Å². The fourth-order valence-electron chi connectivity index (χ4n) is 5.42. The van der Waals surface area contributed by atoms with Gasteiger partial charge in [0.25, 0.3) is 0 Å². The first-order valence-electron chi connectivity index (χ1n) is 15.0. The van der Waals surface area contributed by atoms with Gasteiger partial charge in [-0.1, -0.05) is 18.2 Å². The third-order valence-corrected chi connectivity index (χ3v) is 7.34. The number of carbonyl (C=O) groups is 2. The first-order valence-corrected chi connectivity index (χ1v) is 15.0. The summed E-state index contributed by atoms with van der Waals surface area (Å²) in [6, 6.07) is 8.55. The van der Waals surface area contributed by atoms with Gasteiger partial charge in [0.15, 0.2) is 5.82 Å². The van der Waals surface area contributed by atoms with Crippen LogP contribution in [-0.4, -0.2) is 67.1 Å². The molecule has 1 fully saturated rings. The summed E-state index contributed by atoms with van der Waals surface area (Å²) in [4.78, 5) is 30.5. The Morgan fingerprint density at radius 1 is 0.915 bits per heavy atom. The largest absolute Gasteiger partial charge is 0.510 e. The highest BCUT2D eigenvalue weighted by atomic mass is 19.4. The van der Waals surface area contributed by atoms with E-state index in [2.05, 4.69) is 15.2 Å². The summed E-state index contributed by atoms with van der Waals surface area (Å²) in [5.41, 5.74) is 1.37. The molecule has 1 aliphatic rings. The second-order valence-corrected chi connectivity index (χ2v) is 13.2. The molecule has 4 heterocycles. The van der Waals surface area contributed by atoms with Crippen LogP contribution in [0.3, 0.4) is 0 Å². The summed E-state index contributed by atoms with van der Waals surface area (Å²) in [7, 11) is 0. The lowest BCUT2D eigenvalue weighted by molar-refractivity contribution is -0.276. The Hall–Kier alpha value is -4.66. The molecule has 15 heteroatoms. The molecule has 1 atom stereocenters. The van der Waals surface area contributed by atoms with Crippen molar-refractivity contribution < 1.29 is 41.7 Å². The highest BCUT2D eigenvalue weighted by Crippen LogP contribution is 2.46. The number of nitrogens with two attached hydrogens (primary N) is 1. The molecule has 1 aliphatic heterocycles. The lowest BCUT2D eigenvalue weighted by Crippen LogP contribution is -2.55. The van der Waals surface area contributed by atoms with Gasteiger partial charge in [-0.2, -0.15) is 23.4 Å². The quantitative estimate of drug-likeness (QED) is 0.236. The lowest BCUT2D eigenvalue weighted by atomic mass is 9.90. The molecule has 252 valence electrons. The number of fused-ring (bicyclic) bond motifs is 1. The Morgan fingerprint density at radius 3 is 2.23 bits per heavy atom. The van der Waals surface area contributed by atoms with Crippen LogP contribution in [0, 0.1) is 0 Å². The van der Waals surface area contributed by atoms with Crippen LogP contribution >= 0.6 is 0 Å². The number of alkyl halides is 3. The average molecular weight is 659 g/mol. The first-order chi connectivity index (χ1) is 21.9. The van der Waals surface area contributed by atoms with E-state index < -0.39 is 40.7 Å². The number of benzene rings is 1. The van der Waals surface area contributed by atoms with E-state index in [-0.39, 0.29) is 17.4 Å². The molecule has 12 nitrogen and oxygen atoms in total. The highest BCUT2D eigenvalue weighted by molar-refractivity contribution is 5.91. The smallest absolute Gasteiger partial charge is 0.456 e. The van der Waals surface area contributed by atoms with Crippen molar-refractivity contribution in [3.05, 3.63) is 54.5 Å². The molecule has 1 unspecified atom stereocenters. The number of ether oxygens (including phenoxy) is 4. The number of nitrogens with zero attached hydrogens (tertiary/aromatic N) is 5. The number of hydrogen-bond donors (Lipinski definition) is 1. The van der Waals surface area contributed by atoms with Gasteiger partial charge in [-0.3, -0.25) is 4.68 Å². The van der Waals surface area contributed by atoms with Gasteiger partial charge in [0, 0.05) is 36.1 Å². The van der Waals surface area contributed by atoms with Crippen LogP contribution < -0.4 is 5.73 Å². The lowest BCUT2D eigenvalue weighted by Gasteiger charge is -2.36. The Morgan fingerprint density at radius 2 is 1.60 bits per heavy atom. The highest BCUT2D eigenvalue weighted by Gasteiger charge is 2.68. The fourth-order valence-corrected chi connectivity index (χ4v) is 5.42. The van der Waals surface area contributed by atoms with Gasteiger partial charge in [0.05, 0.1) is 17.4 Å². The van der Waals surface area contributed by atoms with Crippen molar-refractivity contribution in [2.75, 3.05) is 18.9 Å². The maximum atomic E-state index is 15.2. The Kier molecular flexibility index (Phi) is 8.73. The van der Waals surface area contributed by atoms with Crippen LogP contribution in [0.25, 0.3) is 28.0 Å². The molecule has 0 radical (unpaired) electrons. The van der Waals surface area contributed by atoms with Gasteiger partial charge in [0.1, 0.15) is 23.0 Å². The van der Waals surface area contributed by atoms with Crippen molar-refractivity contribution >= 4 is 23.5 Å². The molecule has 47 heavy (non-hydrogen) atoms. The standard InChI is InChI=1S/C32H37F3N6O6/c1-29(2,3)45-27(42)31(32(33,34)35,47-28(43)46-30(4,5)6)20-9-7-8-19(16-20)24-17-22(25-26(36)37-18-39-41(24)25)23-10-13-38-40(23)21-11-14-44-15-12-21/h7-10,13,16-18,21H,11-12,14-15H2,1-6H3,(H2,36,37,39). The van der Waals surface area contributed by atoms with Gasteiger partial charge in [0.2, 0.25) is 0 Å². The summed E-state index contributed by atoms with van der Waals surface area (Å²) in [6.45, 7) is 9.72. The second kappa shape index (κ2) is 12.2. The maximum absolute atomic E-state index is 15.2. The average Bonchev–Trinajstić information content (AvgIpc) is 3.60. The van der Waals surface area contributed by atoms with Crippen molar-refractivity contribution in [2.24, 2.45) is 0 Å². The molecule has 0 bridgehead atoms. The van der Waals surface area contributed by atoms with E-state index in [0.29, 0.717) is 35.7 Å². The van der Waals surface area contributed by atoms with Crippen LogP contribution in [0.5, 0.6) is 0 Å². The monoisotopic (exact) mass is 658 g/mol. The topological polar surface area (TPSA) is 145 Å². The van der Waals surface area contributed by atoms with E-state index >= 15 is 13.2 Å². The van der Waals surface area contributed by atoms with Gasteiger partial charge in [-0.05, 0) is 72.6 Å². The van der Waals surface area contributed by atoms with E-state index in [4.69, 9.17) is 24.7 Å². The zero-order chi connectivity index (χ0) is 34.4. The summed E-state index contributed by atoms with van der Waals surface area (Å²) < 4.78 is 69.8. The SMILES string of the molecule is CC(C)(C)OC(=O)OC(C(=O)OC(C)(C)C)(c1cccc(-c2cc(-c3ccnn3C3CCOCC3)c3c(N)ncnn23)c1)C(F)(F)F. The number of rotatable bonds is 6. The Bertz CT molecular complexity index is 1780. The number of anilines is 1. The first kappa shape index (κ1) is 33.7. The van der Waals surface area contributed by atoms with E-state index in [9.17, 15) is 9.59 Å². The summed E-state index contributed by atoms with van der Waals surface area (Å²) in [6.07, 6.45) is -2.82. The van der Waals surface area contributed by atoms with E-state index in [0.717, 1.165) is 25.0 Å². The third-order valence-electron chi connectivity index (χ3n) is 7.34. The van der Waals surface area contributed by atoms with Gasteiger partial charge in [-0.25, -0.2) is 19.1 Å². The summed E-state index contributed by atoms with van der Waals surface area (Å²) in [5, 5.41) is 8.90. The molecule has 5 rings (SSSR count). The molecular formula is C32H37F3N6O6. The Labute approximate surface area is 268 Å². The van der Waals surface area contributed by atoms with Crippen molar-refractivity contribution in [3.8, 4) is 22.5 Å². The maximum Gasteiger partial charge on any atom is 0.510 e. The van der Waals surface area contributed by atoms with Crippen LogP contribution in [0.4, 0.5) is 23.8 Å². The normalized spacial score (nSPS) is 16.1. The number of halogens is 3. The van der Waals surface area contributed by atoms with Gasteiger partial charge >= 0.3 is 23.9 Å². The van der Waals surface area contributed by atoms with E-state index in [1.54, 1.807) is 12.3 Å². The number of esters is 1. The Balaban J connectivity index is 1.70. The minimum absolute atomic E-state index is 0.0487. The van der Waals surface area contributed by atoms with Crippen molar-refractivity contribution in [1.29, 1.82) is 0 Å². The number of nitrogen functional groups attached to an aromatic ring is 1. The molecule has 2 N–H and O–H groups in total. The second-order valence-electron chi connectivity index (χ2n) is 13.2. The van der Waals surface area contributed by atoms with Crippen molar-refractivity contribution in [3.63, 3.8) is 0 Å². The van der Waals surface area contributed by atoms with Gasteiger partial charge in [-0.15, -0.1) is 0 Å². The fraction of sp³-hybridized carbons (Fsp3) is 0.469. The summed E-state index contributed by atoms with van der Waals surface area (Å²) in [5.74, 6) is -1.71. The van der Waals surface area contributed by atoms with Crippen LogP contribution in [0.1, 0.15) is 66.0 Å². The van der Waals surface area contributed by atoms with Crippen LogP contribution in [0.15, 0.2) is 48.9 Å². The third kappa shape index (κ3) is 6.75. The predicted octanol–water partition coefficient (Wildman–Crippen LogP) is 6.24. The van der Waals surface area contributed by atoms with Crippen LogP contribution in [-0.2, 0) is 29.3 Å². The zero-order valence-corrected chi connectivity index (χ0v) is 26.9. The molecule has 1 aromatic carbocycles. The molecular weight excluding hydrogens is 621 g/mol. The number of aromatic nitrogens is 5. The van der Waals surface area contributed by atoms with Crippen molar-refractivity contribution in [1.82, 2.24) is 24.4 Å². The molecule has 4 aromatic rings. The number of hydrogen-bond acceptors (Lipinski definition) is 10. The van der Waals surface area contributed by atoms with Crippen LogP contribution in [0.2, 0.25) is 0 Å². The van der Waals surface area contributed by atoms with E-state index in [1.165, 1.54) is 64.5 Å². The zero-order valence-electron chi connectivity index (χ0n) is 26.9. The predicted molar refractivity (Wildman–Crippen MR) is 164 cm³/mol. The minimum atomic E-state index is -5.47. The van der Waals surface area contributed by atoms with Gasteiger partial charge < -0.3 is 24.7 Å². The molecule has 0 aliphatic carbocycles. The molecule has 0 amide bonds.